The highest BCUT2D eigenvalue weighted by Crippen LogP contribution is 2.28. The smallest absolute Gasteiger partial charge is 0.272 e. The molecule has 0 spiro atoms. The van der Waals surface area contributed by atoms with Crippen LogP contribution in [0.25, 0.3) is 10.2 Å². The number of anilines is 2. The van der Waals surface area contributed by atoms with Crippen molar-refractivity contribution in [3.8, 4) is 5.75 Å². The van der Waals surface area contributed by atoms with Gasteiger partial charge in [-0.15, -0.1) is 11.3 Å². The fraction of sp³-hybridized carbons (Fsp3) is 0.458. The van der Waals surface area contributed by atoms with Gasteiger partial charge in [-0.2, -0.15) is 0 Å². The highest BCUT2D eigenvalue weighted by Gasteiger charge is 2.24. The lowest BCUT2D eigenvalue weighted by molar-refractivity contribution is -0.131. The Bertz CT molecular complexity index is 1160. The van der Waals surface area contributed by atoms with Crippen LogP contribution in [0.2, 0.25) is 0 Å². The van der Waals surface area contributed by atoms with E-state index in [9.17, 15) is 9.59 Å². The molecule has 1 saturated heterocycles. The zero-order chi connectivity index (χ0) is 23.4. The van der Waals surface area contributed by atoms with Gasteiger partial charge in [0.15, 0.2) is 0 Å². The Labute approximate surface area is 198 Å². The van der Waals surface area contributed by atoms with Gasteiger partial charge in [0.2, 0.25) is 11.9 Å². The first kappa shape index (κ1) is 23.1. The molecule has 0 unspecified atom stereocenters. The predicted octanol–water partition coefficient (Wildman–Crippen LogP) is 3.05. The molecule has 1 aromatic carbocycles. The van der Waals surface area contributed by atoms with Crippen LogP contribution in [0.4, 0.5) is 11.6 Å². The van der Waals surface area contributed by atoms with Crippen molar-refractivity contribution < 1.29 is 9.53 Å². The van der Waals surface area contributed by atoms with Crippen molar-refractivity contribution in [3.63, 3.8) is 0 Å². The average Bonchev–Trinajstić information content (AvgIpc) is 3.33. The minimum Gasteiger partial charge on any atom is -0.495 e. The fourth-order valence-corrected chi connectivity index (χ4v) is 5.11. The van der Waals surface area contributed by atoms with Gasteiger partial charge in [-0.05, 0) is 37.4 Å². The molecule has 0 atom stereocenters. The molecule has 3 aromatic rings. The van der Waals surface area contributed by atoms with E-state index in [-0.39, 0.29) is 17.9 Å². The number of aromatic nitrogens is 2. The summed E-state index contributed by atoms with van der Waals surface area (Å²) in [5.74, 6) is 1.56. The van der Waals surface area contributed by atoms with Crippen LogP contribution in [0, 0.1) is 0 Å². The SMILES string of the molecule is CCN(CC)c1nc2ccsc2c(=O)n1CCC(=O)N1CCN(c2ccccc2OC)CC1. The second-order valence-electron chi connectivity index (χ2n) is 7.97. The van der Waals surface area contributed by atoms with E-state index in [1.54, 1.807) is 11.7 Å². The number of piperazine rings is 1. The Morgan fingerprint density at radius 1 is 1.12 bits per heavy atom. The van der Waals surface area contributed by atoms with Crippen molar-refractivity contribution in [2.45, 2.75) is 26.8 Å². The van der Waals surface area contributed by atoms with Crippen LogP contribution < -0.4 is 20.1 Å². The molecule has 0 bridgehead atoms. The first-order valence-electron chi connectivity index (χ1n) is 11.5. The van der Waals surface area contributed by atoms with E-state index in [4.69, 9.17) is 9.72 Å². The Hall–Kier alpha value is -3.07. The Balaban J connectivity index is 1.45. The van der Waals surface area contributed by atoms with Crippen LogP contribution in [0.15, 0.2) is 40.5 Å². The quantitative estimate of drug-likeness (QED) is 0.505. The van der Waals surface area contributed by atoms with Gasteiger partial charge in [-0.1, -0.05) is 12.1 Å². The molecule has 1 aliphatic rings. The number of methoxy groups -OCH3 is 1. The van der Waals surface area contributed by atoms with Gasteiger partial charge < -0.3 is 19.4 Å². The second-order valence-corrected chi connectivity index (χ2v) is 8.88. The Morgan fingerprint density at radius 3 is 2.55 bits per heavy atom. The number of carbonyl (C=O) groups is 1. The molecule has 0 N–H and O–H groups in total. The summed E-state index contributed by atoms with van der Waals surface area (Å²) in [6.45, 7) is 8.72. The summed E-state index contributed by atoms with van der Waals surface area (Å²) >= 11 is 1.40. The molecule has 2 aromatic heterocycles. The van der Waals surface area contributed by atoms with E-state index in [2.05, 4.69) is 9.80 Å². The number of carbonyl (C=O) groups excluding carboxylic acids is 1. The summed E-state index contributed by atoms with van der Waals surface area (Å²) in [5, 5.41) is 1.89. The standard InChI is InChI=1S/C24H31N5O3S/c1-4-26(5-2)24-25-18-11-17-33-22(18)23(31)29(24)12-10-21(30)28-15-13-27(14-16-28)19-8-6-7-9-20(19)32-3/h6-9,11,17H,4-5,10,12-16H2,1-3H3. The summed E-state index contributed by atoms with van der Waals surface area (Å²) in [6, 6.07) is 9.84. The van der Waals surface area contributed by atoms with E-state index in [1.807, 2.05) is 54.5 Å². The summed E-state index contributed by atoms with van der Waals surface area (Å²) in [6.07, 6.45) is 0.279. The van der Waals surface area contributed by atoms with E-state index >= 15 is 0 Å². The highest BCUT2D eigenvalue weighted by molar-refractivity contribution is 7.17. The number of thiophene rings is 1. The molecule has 1 fully saturated rings. The number of hydrogen-bond donors (Lipinski definition) is 0. The molecule has 4 rings (SSSR count). The van der Waals surface area contributed by atoms with Crippen molar-refractivity contribution in [3.05, 3.63) is 46.1 Å². The van der Waals surface area contributed by atoms with Crippen molar-refractivity contribution in [2.24, 2.45) is 0 Å². The van der Waals surface area contributed by atoms with E-state index in [1.165, 1.54) is 11.3 Å². The molecule has 9 heteroatoms. The molecule has 0 radical (unpaired) electrons. The van der Waals surface area contributed by atoms with E-state index in [0.29, 0.717) is 30.3 Å². The third kappa shape index (κ3) is 4.68. The van der Waals surface area contributed by atoms with Gasteiger partial charge in [0.1, 0.15) is 10.4 Å². The zero-order valence-electron chi connectivity index (χ0n) is 19.5. The minimum absolute atomic E-state index is 0.0642. The molecule has 1 aliphatic heterocycles. The minimum atomic E-state index is -0.0642. The molecule has 8 nitrogen and oxygen atoms in total. The monoisotopic (exact) mass is 469 g/mol. The number of ether oxygens (including phenoxy) is 1. The molecule has 33 heavy (non-hydrogen) atoms. The number of fused-ring (bicyclic) bond motifs is 1. The predicted molar refractivity (Wildman–Crippen MR) is 134 cm³/mol. The molecule has 0 saturated carbocycles. The van der Waals surface area contributed by atoms with Gasteiger partial charge in [0.05, 0.1) is 18.3 Å². The number of nitrogens with zero attached hydrogens (tertiary/aromatic N) is 5. The van der Waals surface area contributed by atoms with Crippen LogP contribution in [-0.4, -0.2) is 66.7 Å². The van der Waals surface area contributed by atoms with Crippen molar-refractivity contribution in [1.82, 2.24) is 14.5 Å². The van der Waals surface area contributed by atoms with Crippen molar-refractivity contribution >= 4 is 39.1 Å². The third-order valence-electron chi connectivity index (χ3n) is 6.20. The maximum atomic E-state index is 13.2. The van der Waals surface area contributed by atoms with Gasteiger partial charge in [0, 0.05) is 52.2 Å². The van der Waals surface area contributed by atoms with Gasteiger partial charge in [-0.25, -0.2) is 4.98 Å². The van der Waals surface area contributed by atoms with Gasteiger partial charge in [0.25, 0.3) is 5.56 Å². The van der Waals surface area contributed by atoms with Gasteiger partial charge in [-0.3, -0.25) is 14.2 Å². The molecule has 0 aliphatic carbocycles. The largest absolute Gasteiger partial charge is 0.495 e. The summed E-state index contributed by atoms with van der Waals surface area (Å²) < 4.78 is 7.80. The van der Waals surface area contributed by atoms with Crippen molar-refractivity contribution in [2.75, 3.05) is 56.2 Å². The number of rotatable bonds is 8. The lowest BCUT2D eigenvalue weighted by Crippen LogP contribution is -2.49. The maximum absolute atomic E-state index is 13.2. The lowest BCUT2D eigenvalue weighted by Gasteiger charge is -2.36. The van der Waals surface area contributed by atoms with Crippen LogP contribution in [0.3, 0.4) is 0 Å². The first-order chi connectivity index (χ1) is 16.1. The molecule has 176 valence electrons. The van der Waals surface area contributed by atoms with Crippen LogP contribution in [-0.2, 0) is 11.3 Å². The number of amides is 1. The Morgan fingerprint density at radius 2 is 1.85 bits per heavy atom. The third-order valence-corrected chi connectivity index (χ3v) is 7.09. The van der Waals surface area contributed by atoms with Crippen molar-refractivity contribution in [1.29, 1.82) is 0 Å². The van der Waals surface area contributed by atoms with Crippen LogP contribution in [0.5, 0.6) is 5.75 Å². The fourth-order valence-electron chi connectivity index (χ4n) is 4.33. The number of para-hydroxylation sites is 2. The topological polar surface area (TPSA) is 70.9 Å². The summed E-state index contributed by atoms with van der Waals surface area (Å²) in [7, 11) is 1.68. The maximum Gasteiger partial charge on any atom is 0.272 e. The first-order valence-corrected chi connectivity index (χ1v) is 12.3. The highest BCUT2D eigenvalue weighted by atomic mass is 32.1. The number of hydrogen-bond acceptors (Lipinski definition) is 7. The van der Waals surface area contributed by atoms with Crippen LogP contribution >= 0.6 is 11.3 Å². The zero-order valence-corrected chi connectivity index (χ0v) is 20.3. The van der Waals surface area contributed by atoms with E-state index in [0.717, 1.165) is 43.1 Å². The average molecular weight is 470 g/mol. The lowest BCUT2D eigenvalue weighted by atomic mass is 10.2. The van der Waals surface area contributed by atoms with Gasteiger partial charge >= 0.3 is 0 Å². The molecule has 3 heterocycles. The normalized spacial score (nSPS) is 14.0. The number of benzene rings is 1. The molecular formula is C24H31N5O3S. The molecule has 1 amide bonds. The molecular weight excluding hydrogens is 438 g/mol. The summed E-state index contributed by atoms with van der Waals surface area (Å²) in [4.78, 5) is 37.1. The van der Waals surface area contributed by atoms with Crippen LogP contribution in [0.1, 0.15) is 20.3 Å². The second kappa shape index (κ2) is 10.2. The Kier molecular flexibility index (Phi) is 7.17. The van der Waals surface area contributed by atoms with E-state index < -0.39 is 0 Å². The summed E-state index contributed by atoms with van der Waals surface area (Å²) in [5.41, 5.74) is 1.71.